The zero-order chi connectivity index (χ0) is 13.2. The molecule has 0 atom stereocenters. The van der Waals surface area contributed by atoms with Gasteiger partial charge in [-0.05, 0) is 17.7 Å². The van der Waals surface area contributed by atoms with E-state index < -0.39 is 5.97 Å². The smallest absolute Gasteiger partial charge is 0.356 e. The van der Waals surface area contributed by atoms with Crippen molar-refractivity contribution >= 4 is 17.7 Å². The van der Waals surface area contributed by atoms with Crippen molar-refractivity contribution < 1.29 is 9.90 Å². The molecule has 0 aliphatic carbocycles. The predicted octanol–water partition coefficient (Wildman–Crippen LogP) is 2.42. The third-order valence-electron chi connectivity index (χ3n) is 3.27. The van der Waals surface area contributed by atoms with E-state index in [9.17, 15) is 9.90 Å². The first-order chi connectivity index (χ1) is 9.25. The maximum Gasteiger partial charge on any atom is 0.356 e. The highest BCUT2D eigenvalue weighted by atomic mass is 32.2. The summed E-state index contributed by atoms with van der Waals surface area (Å²) in [5.41, 5.74) is 3.35. The van der Waals surface area contributed by atoms with E-state index in [1.54, 1.807) is 11.8 Å². The topological polar surface area (TPSA) is 55.1 Å². The van der Waals surface area contributed by atoms with Crippen molar-refractivity contribution in [1.82, 2.24) is 9.78 Å². The van der Waals surface area contributed by atoms with Gasteiger partial charge in [-0.1, -0.05) is 30.3 Å². The Morgan fingerprint density at radius 1 is 1.37 bits per heavy atom. The third-order valence-corrected chi connectivity index (χ3v) is 4.26. The molecule has 0 fully saturated rings. The molecule has 4 nitrogen and oxygen atoms in total. The molecule has 98 valence electrons. The summed E-state index contributed by atoms with van der Waals surface area (Å²) in [6.07, 6.45) is 0.896. The fourth-order valence-electron chi connectivity index (χ4n) is 2.37. The maximum atomic E-state index is 11.3. The summed E-state index contributed by atoms with van der Waals surface area (Å²) in [5, 5.41) is 13.5. The largest absolute Gasteiger partial charge is 0.476 e. The number of carboxylic acids is 1. The van der Waals surface area contributed by atoms with Crippen LogP contribution in [-0.4, -0.2) is 26.6 Å². The van der Waals surface area contributed by atoms with E-state index in [1.807, 2.05) is 35.0 Å². The first kappa shape index (κ1) is 12.3. The number of aromatic nitrogens is 2. The lowest BCUT2D eigenvalue weighted by Gasteiger charge is -2.13. The Labute approximate surface area is 115 Å². The molecule has 0 saturated carbocycles. The fourth-order valence-corrected chi connectivity index (χ4v) is 3.36. The van der Waals surface area contributed by atoms with Gasteiger partial charge in [-0.3, -0.25) is 4.68 Å². The molecule has 1 N–H and O–H groups in total. The number of rotatable bonds is 3. The van der Waals surface area contributed by atoms with Crippen molar-refractivity contribution in [3.63, 3.8) is 0 Å². The van der Waals surface area contributed by atoms with Gasteiger partial charge in [-0.25, -0.2) is 4.79 Å². The molecule has 0 bridgehead atoms. The Kier molecular flexibility index (Phi) is 3.29. The molecular weight excluding hydrogens is 260 g/mol. The Balaban J connectivity index is 1.99. The highest BCUT2D eigenvalue weighted by Gasteiger charge is 2.24. The molecule has 5 heteroatoms. The average molecular weight is 274 g/mol. The second-order valence-electron chi connectivity index (χ2n) is 4.52. The Hall–Kier alpha value is -1.75. The predicted molar refractivity (Wildman–Crippen MR) is 74.6 cm³/mol. The highest BCUT2D eigenvalue weighted by molar-refractivity contribution is 7.98. The lowest BCUT2D eigenvalue weighted by Crippen LogP contribution is -2.10. The zero-order valence-electron chi connectivity index (χ0n) is 10.4. The molecule has 1 aliphatic heterocycles. The summed E-state index contributed by atoms with van der Waals surface area (Å²) in [4.78, 5) is 11.3. The van der Waals surface area contributed by atoms with Gasteiger partial charge in [-0.15, -0.1) is 0 Å². The van der Waals surface area contributed by atoms with Gasteiger partial charge in [0, 0.05) is 17.0 Å². The lowest BCUT2D eigenvalue weighted by atomic mass is 10.1. The number of hydrogen-bond donors (Lipinski definition) is 1. The number of thioether (sulfide) groups is 1. The van der Waals surface area contributed by atoms with Gasteiger partial charge >= 0.3 is 5.97 Å². The van der Waals surface area contributed by atoms with Crippen molar-refractivity contribution in [1.29, 1.82) is 0 Å². The number of nitrogens with zero attached hydrogens (tertiary/aromatic N) is 2. The lowest BCUT2D eigenvalue weighted by molar-refractivity contribution is 0.0688. The van der Waals surface area contributed by atoms with E-state index in [-0.39, 0.29) is 5.69 Å². The monoisotopic (exact) mass is 274 g/mol. The van der Waals surface area contributed by atoms with E-state index in [0.29, 0.717) is 6.54 Å². The van der Waals surface area contributed by atoms with Crippen LogP contribution in [-0.2, 0) is 18.7 Å². The normalized spacial score (nSPS) is 14.1. The summed E-state index contributed by atoms with van der Waals surface area (Å²) in [7, 11) is 0. The van der Waals surface area contributed by atoms with Gasteiger partial charge in [0.15, 0.2) is 5.69 Å². The average Bonchev–Trinajstić information content (AvgIpc) is 2.79. The summed E-state index contributed by atoms with van der Waals surface area (Å²) in [6.45, 7) is 0.640. The zero-order valence-corrected chi connectivity index (χ0v) is 11.2. The minimum atomic E-state index is -0.925. The molecule has 0 saturated heterocycles. The molecule has 2 aromatic rings. The number of hydrogen-bond acceptors (Lipinski definition) is 3. The first-order valence-electron chi connectivity index (χ1n) is 6.19. The first-order valence-corrected chi connectivity index (χ1v) is 7.34. The van der Waals surface area contributed by atoms with Crippen molar-refractivity contribution in [2.24, 2.45) is 0 Å². The minimum absolute atomic E-state index is 0.220. The highest BCUT2D eigenvalue weighted by Crippen LogP contribution is 2.28. The number of fused-ring (bicyclic) bond motifs is 1. The van der Waals surface area contributed by atoms with Gasteiger partial charge < -0.3 is 5.11 Å². The Bertz CT molecular complexity index is 607. The van der Waals surface area contributed by atoms with Crippen LogP contribution in [0.3, 0.4) is 0 Å². The molecule has 0 amide bonds. The van der Waals surface area contributed by atoms with Crippen molar-refractivity contribution in [3.05, 3.63) is 52.8 Å². The molecule has 0 spiro atoms. The molecule has 1 aromatic heterocycles. The summed E-state index contributed by atoms with van der Waals surface area (Å²) < 4.78 is 1.86. The van der Waals surface area contributed by atoms with Gasteiger partial charge in [0.25, 0.3) is 0 Å². The SMILES string of the molecule is O=C(O)c1nn(Cc2ccccc2)c2c1CSCC2. The molecule has 3 rings (SSSR count). The van der Waals surface area contributed by atoms with Crippen LogP contribution in [0.4, 0.5) is 0 Å². The summed E-state index contributed by atoms with van der Waals surface area (Å²) >= 11 is 1.77. The van der Waals surface area contributed by atoms with Crippen LogP contribution in [0, 0.1) is 0 Å². The van der Waals surface area contributed by atoms with Gasteiger partial charge in [0.1, 0.15) is 0 Å². The second kappa shape index (κ2) is 5.09. The summed E-state index contributed by atoms with van der Waals surface area (Å²) in [6, 6.07) is 10.0. The molecular formula is C14H14N2O2S. The molecule has 0 unspecified atom stereocenters. The van der Waals surface area contributed by atoms with Crippen LogP contribution in [0.2, 0.25) is 0 Å². The standard InChI is InChI=1S/C14H14N2O2S/c17-14(18)13-11-9-19-7-6-12(11)16(15-13)8-10-4-2-1-3-5-10/h1-5H,6-9H2,(H,17,18). The molecule has 19 heavy (non-hydrogen) atoms. The van der Waals surface area contributed by atoms with E-state index in [4.69, 9.17) is 0 Å². The third kappa shape index (κ3) is 2.38. The molecule has 0 radical (unpaired) electrons. The van der Waals surface area contributed by atoms with E-state index >= 15 is 0 Å². The van der Waals surface area contributed by atoms with Crippen molar-refractivity contribution in [2.45, 2.75) is 18.7 Å². The van der Waals surface area contributed by atoms with Crippen LogP contribution in [0.25, 0.3) is 0 Å². The van der Waals surface area contributed by atoms with Crippen LogP contribution < -0.4 is 0 Å². The summed E-state index contributed by atoms with van der Waals surface area (Å²) in [5.74, 6) is 0.865. The maximum absolute atomic E-state index is 11.3. The van der Waals surface area contributed by atoms with Gasteiger partial charge in [-0.2, -0.15) is 16.9 Å². The van der Waals surface area contributed by atoms with E-state index in [1.165, 1.54) is 0 Å². The van der Waals surface area contributed by atoms with Crippen LogP contribution >= 0.6 is 11.8 Å². The number of carbonyl (C=O) groups is 1. The minimum Gasteiger partial charge on any atom is -0.476 e. The van der Waals surface area contributed by atoms with Crippen molar-refractivity contribution in [3.8, 4) is 0 Å². The molecule has 1 aromatic carbocycles. The van der Waals surface area contributed by atoms with Gasteiger partial charge in [0.2, 0.25) is 0 Å². The number of benzene rings is 1. The van der Waals surface area contributed by atoms with Crippen LogP contribution in [0.15, 0.2) is 30.3 Å². The van der Waals surface area contributed by atoms with Crippen LogP contribution in [0.1, 0.15) is 27.3 Å². The molecule has 1 aliphatic rings. The van der Waals surface area contributed by atoms with Gasteiger partial charge in [0.05, 0.1) is 6.54 Å². The Morgan fingerprint density at radius 2 is 2.16 bits per heavy atom. The Morgan fingerprint density at radius 3 is 2.89 bits per heavy atom. The quantitative estimate of drug-likeness (QED) is 0.934. The van der Waals surface area contributed by atoms with Crippen molar-refractivity contribution in [2.75, 3.05) is 5.75 Å². The second-order valence-corrected chi connectivity index (χ2v) is 5.63. The van der Waals surface area contributed by atoms with E-state index in [0.717, 1.165) is 34.7 Å². The van der Waals surface area contributed by atoms with E-state index in [2.05, 4.69) is 5.10 Å². The molecule has 2 heterocycles. The number of aromatic carboxylic acids is 1. The van der Waals surface area contributed by atoms with Crippen LogP contribution in [0.5, 0.6) is 0 Å². The fraction of sp³-hybridized carbons (Fsp3) is 0.286. The number of carboxylic acid groups (broad SMARTS) is 1.